The van der Waals surface area contributed by atoms with Gasteiger partial charge in [0, 0.05) is 38.6 Å². The Bertz CT molecular complexity index is 2900. The van der Waals surface area contributed by atoms with Gasteiger partial charge in [0.25, 0.3) is 0 Å². The fraction of sp³-hybridized carbons (Fsp3) is 0.276. The number of phenolic OH excluding ortho intramolecular Hbond substituents is 1. The van der Waals surface area contributed by atoms with Gasteiger partial charge in [-0.1, -0.05) is 185 Å². The average Bonchev–Trinajstić information content (AvgIpc) is 3.61. The average molecular weight is 1010 g/mol. The zero-order valence-corrected chi connectivity index (χ0v) is 41.2. The zero-order valence-electron chi connectivity index (χ0n) is 38.9. The van der Waals surface area contributed by atoms with Crippen molar-refractivity contribution < 1.29 is 26.2 Å². The van der Waals surface area contributed by atoms with Gasteiger partial charge in [-0.25, -0.2) is 4.98 Å². The minimum absolute atomic E-state index is 0. The largest absolute Gasteiger partial charge is 0.507 e. The van der Waals surface area contributed by atoms with E-state index < -0.39 is 0 Å². The molecule has 8 aromatic rings. The van der Waals surface area contributed by atoms with Gasteiger partial charge < -0.3 is 5.11 Å². The molecule has 63 heavy (non-hydrogen) atoms. The van der Waals surface area contributed by atoms with Crippen molar-refractivity contribution in [3.8, 4) is 67.5 Å². The van der Waals surface area contributed by atoms with Gasteiger partial charge in [0.05, 0.1) is 16.6 Å². The minimum atomic E-state index is -0.136. The van der Waals surface area contributed by atoms with E-state index in [0.717, 1.165) is 66.9 Å². The predicted molar refractivity (Wildman–Crippen MR) is 261 cm³/mol. The summed E-state index contributed by atoms with van der Waals surface area (Å²) in [4.78, 5) is 10.3. The summed E-state index contributed by atoms with van der Waals surface area (Å²) >= 11 is 0. The molecule has 0 fully saturated rings. The van der Waals surface area contributed by atoms with E-state index in [0.29, 0.717) is 11.4 Å². The third-order valence-electron chi connectivity index (χ3n) is 12.1. The van der Waals surface area contributed by atoms with Crippen LogP contribution < -0.4 is 0 Å². The van der Waals surface area contributed by atoms with E-state index in [-0.39, 0.29) is 48.5 Å². The van der Waals surface area contributed by atoms with Crippen molar-refractivity contribution in [1.29, 1.82) is 0 Å². The van der Waals surface area contributed by atoms with Gasteiger partial charge in [-0.2, -0.15) is 0 Å². The standard InChI is InChI=1S/C58H60N3O.Pt/c1-55(2,3)43-20-16-37(17-21-43)39-31-41(33-42(32-39)50-15-13-14-30-59-50)49-34-40(38-18-22-44(23-19-38)56(4,5)6)35-51-53(49)60-54(48-29-26-46(36-52(48)62)58(10,11)12)61(51)47-27-24-45(25-28-47)57(7,8)9;/h13-32,34-36,62H,1-12H3;/q-1;. The molecular formula is C58H60N3OPt-. The van der Waals surface area contributed by atoms with Crippen molar-refractivity contribution in [2.24, 2.45) is 0 Å². The number of rotatable bonds is 6. The first-order valence-corrected chi connectivity index (χ1v) is 21.9. The SMILES string of the molecule is CC(C)(C)c1ccc(-c2cc(-c3ccccn3)[c-]c(-c3cc(-c4ccc(C(C)(C)C)cc4)cc4c3nc(-c3ccc(C(C)(C)C)cc3O)n4-c3ccc(C(C)(C)C)cc3)c2)cc1.[Pt]. The number of aromatic nitrogens is 3. The van der Waals surface area contributed by atoms with Crippen molar-refractivity contribution in [3.05, 3.63) is 168 Å². The smallest absolute Gasteiger partial charge is 0.148 e. The number of imidazole rings is 1. The molecule has 8 rings (SSSR count). The molecule has 0 amide bonds. The van der Waals surface area contributed by atoms with E-state index in [9.17, 15) is 5.11 Å². The summed E-state index contributed by atoms with van der Waals surface area (Å²) in [6, 6.07) is 51.5. The second-order valence-corrected chi connectivity index (χ2v) is 21.0. The molecule has 0 unspecified atom stereocenters. The Morgan fingerprint density at radius 3 is 1.46 bits per heavy atom. The number of benzene rings is 6. The number of pyridine rings is 1. The molecule has 0 aliphatic carbocycles. The van der Waals surface area contributed by atoms with Crippen LogP contribution in [-0.4, -0.2) is 19.6 Å². The van der Waals surface area contributed by atoms with Crippen LogP contribution in [0.5, 0.6) is 5.75 Å². The van der Waals surface area contributed by atoms with E-state index in [1.807, 2.05) is 36.5 Å². The number of nitrogens with zero attached hydrogens (tertiary/aromatic N) is 3. The van der Waals surface area contributed by atoms with Gasteiger partial charge in [0.2, 0.25) is 0 Å². The van der Waals surface area contributed by atoms with E-state index >= 15 is 0 Å². The van der Waals surface area contributed by atoms with Gasteiger partial charge in [0.15, 0.2) is 0 Å². The molecule has 5 heteroatoms. The summed E-state index contributed by atoms with van der Waals surface area (Å²) in [5.74, 6) is 0.867. The molecule has 0 aliphatic heterocycles. The third-order valence-corrected chi connectivity index (χ3v) is 12.1. The first kappa shape index (κ1) is 45.5. The number of hydrogen-bond acceptors (Lipinski definition) is 3. The molecular weight excluding hydrogens is 950 g/mol. The van der Waals surface area contributed by atoms with Crippen molar-refractivity contribution in [1.82, 2.24) is 14.5 Å². The van der Waals surface area contributed by atoms with Crippen LogP contribution in [0, 0.1) is 6.07 Å². The van der Waals surface area contributed by atoms with Crippen LogP contribution in [0.1, 0.15) is 105 Å². The molecule has 2 heterocycles. The quantitative estimate of drug-likeness (QED) is 0.169. The summed E-state index contributed by atoms with van der Waals surface area (Å²) in [6.07, 6.45) is 1.84. The second-order valence-electron chi connectivity index (χ2n) is 21.0. The molecule has 0 aliphatic rings. The molecule has 2 aromatic heterocycles. The van der Waals surface area contributed by atoms with Crippen LogP contribution in [0.25, 0.3) is 72.7 Å². The molecule has 1 N–H and O–H groups in total. The van der Waals surface area contributed by atoms with E-state index in [2.05, 4.69) is 197 Å². The van der Waals surface area contributed by atoms with Crippen molar-refractivity contribution in [2.45, 2.75) is 105 Å². The summed E-state index contributed by atoms with van der Waals surface area (Å²) in [7, 11) is 0. The van der Waals surface area contributed by atoms with Crippen LogP contribution in [-0.2, 0) is 42.7 Å². The zero-order chi connectivity index (χ0) is 44.4. The normalized spacial score (nSPS) is 12.4. The molecule has 0 radical (unpaired) electrons. The molecule has 0 bridgehead atoms. The van der Waals surface area contributed by atoms with Gasteiger partial charge in [-0.15, -0.1) is 23.8 Å². The Morgan fingerprint density at radius 1 is 0.476 bits per heavy atom. The summed E-state index contributed by atoms with van der Waals surface area (Å²) in [6.45, 7) is 26.7. The van der Waals surface area contributed by atoms with Gasteiger partial charge in [0.1, 0.15) is 11.6 Å². The van der Waals surface area contributed by atoms with Crippen LogP contribution >= 0.6 is 0 Å². The first-order valence-electron chi connectivity index (χ1n) is 21.9. The van der Waals surface area contributed by atoms with Crippen LogP contribution in [0.15, 0.2) is 140 Å². The second kappa shape index (κ2) is 16.9. The van der Waals surface area contributed by atoms with Gasteiger partial charge in [-0.05, 0) is 97.0 Å². The molecule has 0 saturated carbocycles. The predicted octanol–water partition coefficient (Wildman–Crippen LogP) is 15.4. The molecule has 6 aromatic carbocycles. The van der Waals surface area contributed by atoms with Crippen LogP contribution in [0.4, 0.5) is 0 Å². The van der Waals surface area contributed by atoms with Gasteiger partial charge in [-0.3, -0.25) is 9.55 Å². The Hall–Kier alpha value is -5.57. The van der Waals surface area contributed by atoms with Crippen molar-refractivity contribution in [3.63, 3.8) is 0 Å². The maximum absolute atomic E-state index is 11.9. The number of aromatic hydroxyl groups is 1. The fourth-order valence-corrected chi connectivity index (χ4v) is 8.16. The summed E-state index contributed by atoms with van der Waals surface area (Å²) < 4.78 is 2.22. The summed E-state index contributed by atoms with van der Waals surface area (Å²) in [5.41, 5.74) is 16.1. The molecule has 0 spiro atoms. The van der Waals surface area contributed by atoms with Crippen LogP contribution in [0.2, 0.25) is 0 Å². The van der Waals surface area contributed by atoms with E-state index in [1.165, 1.54) is 16.7 Å². The molecule has 0 saturated heterocycles. The van der Waals surface area contributed by atoms with E-state index in [1.54, 1.807) is 0 Å². The Labute approximate surface area is 389 Å². The maximum atomic E-state index is 11.9. The fourth-order valence-electron chi connectivity index (χ4n) is 8.16. The van der Waals surface area contributed by atoms with Gasteiger partial charge >= 0.3 is 0 Å². The number of fused-ring (bicyclic) bond motifs is 1. The maximum Gasteiger partial charge on any atom is 0.148 e. The third kappa shape index (κ3) is 9.39. The Morgan fingerprint density at radius 2 is 0.968 bits per heavy atom. The van der Waals surface area contributed by atoms with E-state index in [4.69, 9.17) is 9.97 Å². The first-order chi connectivity index (χ1) is 29.1. The number of phenols is 1. The Balaban J connectivity index is 0.00000595. The monoisotopic (exact) mass is 1010 g/mol. The number of hydrogen-bond donors (Lipinski definition) is 1. The minimum Gasteiger partial charge on any atom is -0.507 e. The summed E-state index contributed by atoms with van der Waals surface area (Å²) in [5, 5.41) is 11.9. The Kier molecular flexibility index (Phi) is 12.2. The molecule has 0 atom stereocenters. The van der Waals surface area contributed by atoms with Crippen molar-refractivity contribution in [2.75, 3.05) is 0 Å². The van der Waals surface area contributed by atoms with Crippen LogP contribution in [0.3, 0.4) is 0 Å². The van der Waals surface area contributed by atoms with Crippen molar-refractivity contribution >= 4 is 11.0 Å². The molecule has 4 nitrogen and oxygen atoms in total. The molecule has 324 valence electrons. The topological polar surface area (TPSA) is 50.9 Å².